The minimum Gasteiger partial charge on any atom is -0.324 e. The standard InChI is InChI=1S/C14H16N2S/c1-10-5-3-4-6-13(10)17-14-8-7-12(9-16-14)11(2)15/h3-9,11H,15H2,1-2H3/t11-/m0/s1. The van der Waals surface area contributed by atoms with Gasteiger partial charge in [0.1, 0.15) is 5.03 Å². The number of aromatic nitrogens is 1. The Morgan fingerprint density at radius 1 is 1.18 bits per heavy atom. The molecule has 1 aromatic heterocycles. The molecule has 0 radical (unpaired) electrons. The van der Waals surface area contributed by atoms with Crippen molar-refractivity contribution in [2.75, 3.05) is 0 Å². The molecule has 1 aromatic carbocycles. The van der Waals surface area contributed by atoms with E-state index >= 15 is 0 Å². The molecule has 0 aliphatic heterocycles. The Balaban J connectivity index is 2.17. The first-order chi connectivity index (χ1) is 8.16. The fourth-order valence-corrected chi connectivity index (χ4v) is 2.35. The molecule has 0 spiro atoms. The zero-order valence-electron chi connectivity index (χ0n) is 10.1. The van der Waals surface area contributed by atoms with Crippen molar-refractivity contribution in [1.29, 1.82) is 0 Å². The van der Waals surface area contributed by atoms with E-state index in [0.29, 0.717) is 0 Å². The van der Waals surface area contributed by atoms with Gasteiger partial charge in [-0.15, -0.1) is 0 Å². The topological polar surface area (TPSA) is 38.9 Å². The SMILES string of the molecule is Cc1ccccc1Sc1ccc([C@H](C)N)cn1. The molecule has 1 atom stereocenters. The Kier molecular flexibility index (Phi) is 3.82. The summed E-state index contributed by atoms with van der Waals surface area (Å²) in [6.45, 7) is 4.07. The lowest BCUT2D eigenvalue weighted by Gasteiger charge is -2.07. The lowest BCUT2D eigenvalue weighted by atomic mass is 10.2. The number of pyridine rings is 1. The smallest absolute Gasteiger partial charge is 0.101 e. The third-order valence-electron chi connectivity index (χ3n) is 2.59. The van der Waals surface area contributed by atoms with Crippen molar-refractivity contribution in [1.82, 2.24) is 4.98 Å². The Morgan fingerprint density at radius 3 is 2.53 bits per heavy atom. The van der Waals surface area contributed by atoms with Crippen LogP contribution in [-0.4, -0.2) is 4.98 Å². The Hall–Kier alpha value is -1.32. The zero-order chi connectivity index (χ0) is 12.3. The molecule has 1 heterocycles. The van der Waals surface area contributed by atoms with Gasteiger partial charge >= 0.3 is 0 Å². The monoisotopic (exact) mass is 244 g/mol. The average Bonchev–Trinajstić information content (AvgIpc) is 2.33. The van der Waals surface area contributed by atoms with Gasteiger partial charge in [-0.05, 0) is 37.1 Å². The van der Waals surface area contributed by atoms with Crippen LogP contribution in [0, 0.1) is 6.92 Å². The van der Waals surface area contributed by atoms with Crippen LogP contribution in [0.3, 0.4) is 0 Å². The molecular formula is C14H16N2S. The van der Waals surface area contributed by atoms with Crippen LogP contribution in [0.1, 0.15) is 24.1 Å². The average molecular weight is 244 g/mol. The number of nitrogens with two attached hydrogens (primary N) is 1. The Bertz CT molecular complexity index is 492. The lowest BCUT2D eigenvalue weighted by molar-refractivity contribution is 0.806. The van der Waals surface area contributed by atoms with E-state index in [-0.39, 0.29) is 6.04 Å². The first-order valence-electron chi connectivity index (χ1n) is 5.62. The first-order valence-corrected chi connectivity index (χ1v) is 6.43. The summed E-state index contributed by atoms with van der Waals surface area (Å²) in [5.74, 6) is 0. The molecule has 2 N–H and O–H groups in total. The molecular weight excluding hydrogens is 228 g/mol. The van der Waals surface area contributed by atoms with Crippen molar-refractivity contribution < 1.29 is 0 Å². The highest BCUT2D eigenvalue weighted by atomic mass is 32.2. The zero-order valence-corrected chi connectivity index (χ0v) is 10.9. The normalized spacial score (nSPS) is 12.4. The third-order valence-corrected chi connectivity index (χ3v) is 3.72. The summed E-state index contributed by atoms with van der Waals surface area (Å²) < 4.78 is 0. The highest BCUT2D eigenvalue weighted by Gasteiger charge is 2.03. The number of benzene rings is 1. The fourth-order valence-electron chi connectivity index (χ4n) is 1.51. The van der Waals surface area contributed by atoms with Gasteiger partial charge in [-0.25, -0.2) is 4.98 Å². The summed E-state index contributed by atoms with van der Waals surface area (Å²) >= 11 is 1.68. The van der Waals surface area contributed by atoms with Crippen LogP contribution in [0.25, 0.3) is 0 Å². The van der Waals surface area contributed by atoms with E-state index in [9.17, 15) is 0 Å². The van der Waals surface area contributed by atoms with Gasteiger partial charge in [-0.2, -0.15) is 0 Å². The van der Waals surface area contributed by atoms with E-state index in [1.165, 1.54) is 10.5 Å². The van der Waals surface area contributed by atoms with E-state index in [1.54, 1.807) is 11.8 Å². The molecule has 17 heavy (non-hydrogen) atoms. The second-order valence-corrected chi connectivity index (χ2v) is 5.15. The molecule has 0 bridgehead atoms. The predicted octanol–water partition coefficient (Wildman–Crippen LogP) is 3.56. The quantitative estimate of drug-likeness (QED) is 0.897. The van der Waals surface area contributed by atoms with Crippen LogP contribution < -0.4 is 5.73 Å². The molecule has 0 saturated carbocycles. The van der Waals surface area contributed by atoms with Crippen molar-refractivity contribution in [3.8, 4) is 0 Å². The molecule has 2 rings (SSSR count). The van der Waals surface area contributed by atoms with E-state index in [1.807, 2.05) is 37.4 Å². The number of hydrogen-bond donors (Lipinski definition) is 1. The minimum absolute atomic E-state index is 0.0417. The van der Waals surface area contributed by atoms with Crippen molar-refractivity contribution in [2.45, 2.75) is 29.8 Å². The molecule has 0 aliphatic carbocycles. The first kappa shape index (κ1) is 12.1. The molecule has 2 nitrogen and oxygen atoms in total. The molecule has 0 aliphatic rings. The van der Waals surface area contributed by atoms with Crippen LogP contribution in [0.15, 0.2) is 52.5 Å². The number of rotatable bonds is 3. The largest absolute Gasteiger partial charge is 0.324 e. The molecule has 2 aromatic rings. The number of nitrogens with zero attached hydrogens (tertiary/aromatic N) is 1. The number of hydrogen-bond acceptors (Lipinski definition) is 3. The summed E-state index contributed by atoms with van der Waals surface area (Å²) in [4.78, 5) is 5.66. The molecule has 0 fully saturated rings. The third kappa shape index (κ3) is 3.08. The minimum atomic E-state index is 0.0417. The molecule has 0 saturated heterocycles. The van der Waals surface area contributed by atoms with E-state index in [0.717, 1.165) is 10.6 Å². The molecule has 3 heteroatoms. The molecule has 0 amide bonds. The summed E-state index contributed by atoms with van der Waals surface area (Å²) in [7, 11) is 0. The second-order valence-electron chi connectivity index (χ2n) is 4.09. The Labute approximate surface area is 106 Å². The highest BCUT2D eigenvalue weighted by Crippen LogP contribution is 2.28. The van der Waals surface area contributed by atoms with Crippen LogP contribution in [-0.2, 0) is 0 Å². The van der Waals surface area contributed by atoms with Gasteiger partial charge in [0.05, 0.1) is 0 Å². The summed E-state index contributed by atoms with van der Waals surface area (Å²) in [6, 6.07) is 12.4. The fraction of sp³-hybridized carbons (Fsp3) is 0.214. The van der Waals surface area contributed by atoms with Gasteiger partial charge in [-0.3, -0.25) is 0 Å². The van der Waals surface area contributed by atoms with Gasteiger partial charge in [0.2, 0.25) is 0 Å². The van der Waals surface area contributed by atoms with Crippen molar-refractivity contribution in [3.63, 3.8) is 0 Å². The van der Waals surface area contributed by atoms with Crippen LogP contribution >= 0.6 is 11.8 Å². The van der Waals surface area contributed by atoms with Crippen LogP contribution in [0.4, 0.5) is 0 Å². The maximum Gasteiger partial charge on any atom is 0.101 e. The number of aryl methyl sites for hydroxylation is 1. The van der Waals surface area contributed by atoms with Crippen molar-refractivity contribution in [3.05, 3.63) is 53.7 Å². The Morgan fingerprint density at radius 2 is 1.94 bits per heavy atom. The van der Waals surface area contributed by atoms with E-state index in [4.69, 9.17) is 5.73 Å². The lowest BCUT2D eigenvalue weighted by Crippen LogP contribution is -2.04. The maximum absolute atomic E-state index is 5.79. The van der Waals surface area contributed by atoms with Gasteiger partial charge in [0, 0.05) is 17.1 Å². The van der Waals surface area contributed by atoms with Gasteiger partial charge in [0.15, 0.2) is 0 Å². The predicted molar refractivity (Wildman–Crippen MR) is 72.1 cm³/mol. The summed E-state index contributed by atoms with van der Waals surface area (Å²) in [6.07, 6.45) is 1.85. The molecule has 0 unspecified atom stereocenters. The van der Waals surface area contributed by atoms with Gasteiger partial charge in [0.25, 0.3) is 0 Å². The van der Waals surface area contributed by atoms with Gasteiger partial charge in [-0.1, -0.05) is 36.0 Å². The van der Waals surface area contributed by atoms with Crippen LogP contribution in [0.5, 0.6) is 0 Å². The summed E-state index contributed by atoms with van der Waals surface area (Å²) in [5, 5.41) is 1.00. The maximum atomic E-state index is 5.79. The summed E-state index contributed by atoms with van der Waals surface area (Å²) in [5.41, 5.74) is 8.14. The van der Waals surface area contributed by atoms with E-state index < -0.39 is 0 Å². The van der Waals surface area contributed by atoms with Crippen molar-refractivity contribution >= 4 is 11.8 Å². The van der Waals surface area contributed by atoms with Gasteiger partial charge < -0.3 is 5.73 Å². The second kappa shape index (κ2) is 5.34. The highest BCUT2D eigenvalue weighted by molar-refractivity contribution is 7.99. The van der Waals surface area contributed by atoms with Crippen molar-refractivity contribution in [2.24, 2.45) is 5.73 Å². The van der Waals surface area contributed by atoms with E-state index in [2.05, 4.69) is 24.0 Å². The molecule has 88 valence electrons. The van der Waals surface area contributed by atoms with Crippen LogP contribution in [0.2, 0.25) is 0 Å².